The van der Waals surface area contributed by atoms with E-state index in [0.717, 1.165) is 25.1 Å². The van der Waals surface area contributed by atoms with Crippen molar-refractivity contribution in [3.63, 3.8) is 0 Å². The van der Waals surface area contributed by atoms with Gasteiger partial charge < -0.3 is 9.47 Å². The highest BCUT2D eigenvalue weighted by Crippen LogP contribution is 2.30. The predicted molar refractivity (Wildman–Crippen MR) is 75.4 cm³/mol. The maximum Gasteiger partial charge on any atom is 0.131 e. The van der Waals surface area contributed by atoms with Crippen molar-refractivity contribution in [2.75, 3.05) is 20.3 Å². The molecule has 1 saturated heterocycles. The minimum Gasteiger partial charge on any atom is -0.497 e. The first-order chi connectivity index (χ1) is 9.78. The number of methoxy groups -OCH3 is 1. The summed E-state index contributed by atoms with van der Waals surface area (Å²) in [4.78, 5) is 2.39. The maximum absolute atomic E-state index is 14.1. The van der Waals surface area contributed by atoms with E-state index in [2.05, 4.69) is 4.90 Å². The van der Waals surface area contributed by atoms with Gasteiger partial charge in [-0.05, 0) is 18.9 Å². The second-order valence-corrected chi connectivity index (χ2v) is 5.69. The van der Waals surface area contributed by atoms with Crippen LogP contribution in [0.15, 0.2) is 18.2 Å². The van der Waals surface area contributed by atoms with Gasteiger partial charge in [0.1, 0.15) is 11.6 Å². The Morgan fingerprint density at radius 2 is 2.20 bits per heavy atom. The first-order valence-corrected chi connectivity index (χ1v) is 7.46. The molecular weight excluding hydrogens is 257 g/mol. The summed E-state index contributed by atoms with van der Waals surface area (Å²) in [5, 5.41) is 0. The SMILES string of the molecule is COc1ccc(CN2CCO[C@@H]3CCCC[C@H]32)c(F)c1. The van der Waals surface area contributed by atoms with Crippen LogP contribution in [0.1, 0.15) is 31.2 Å². The highest BCUT2D eigenvalue weighted by molar-refractivity contribution is 5.29. The van der Waals surface area contributed by atoms with E-state index in [-0.39, 0.29) is 5.82 Å². The van der Waals surface area contributed by atoms with E-state index in [1.54, 1.807) is 7.11 Å². The van der Waals surface area contributed by atoms with Crippen LogP contribution in [0.25, 0.3) is 0 Å². The van der Waals surface area contributed by atoms with Gasteiger partial charge in [-0.3, -0.25) is 4.90 Å². The Morgan fingerprint density at radius 1 is 1.35 bits per heavy atom. The lowest BCUT2D eigenvalue weighted by atomic mass is 9.90. The molecule has 1 saturated carbocycles. The number of hydrogen-bond donors (Lipinski definition) is 0. The van der Waals surface area contributed by atoms with E-state index in [4.69, 9.17) is 9.47 Å². The minimum absolute atomic E-state index is 0.178. The van der Waals surface area contributed by atoms with Gasteiger partial charge in [-0.25, -0.2) is 4.39 Å². The molecule has 110 valence electrons. The Labute approximate surface area is 119 Å². The van der Waals surface area contributed by atoms with Crippen molar-refractivity contribution in [3.8, 4) is 5.75 Å². The van der Waals surface area contributed by atoms with Crippen LogP contribution in [-0.4, -0.2) is 37.3 Å². The van der Waals surface area contributed by atoms with Gasteiger partial charge in [0.05, 0.1) is 19.8 Å². The van der Waals surface area contributed by atoms with Crippen LogP contribution in [0.3, 0.4) is 0 Å². The van der Waals surface area contributed by atoms with Crippen molar-refractivity contribution in [3.05, 3.63) is 29.6 Å². The third-order valence-corrected chi connectivity index (χ3v) is 4.48. The van der Waals surface area contributed by atoms with E-state index in [0.29, 0.717) is 24.4 Å². The molecule has 20 heavy (non-hydrogen) atoms. The van der Waals surface area contributed by atoms with Crippen molar-refractivity contribution in [2.45, 2.75) is 44.4 Å². The van der Waals surface area contributed by atoms with E-state index in [9.17, 15) is 4.39 Å². The van der Waals surface area contributed by atoms with Gasteiger partial charge in [-0.2, -0.15) is 0 Å². The molecule has 1 aromatic carbocycles. The number of hydrogen-bond acceptors (Lipinski definition) is 3. The molecular formula is C16H22FNO2. The number of fused-ring (bicyclic) bond motifs is 1. The lowest BCUT2D eigenvalue weighted by molar-refractivity contribution is -0.0913. The third-order valence-electron chi connectivity index (χ3n) is 4.48. The molecule has 0 spiro atoms. The van der Waals surface area contributed by atoms with Crippen molar-refractivity contribution in [1.82, 2.24) is 4.90 Å². The summed E-state index contributed by atoms with van der Waals surface area (Å²) in [6.07, 6.45) is 5.17. The van der Waals surface area contributed by atoms with Gasteiger partial charge in [0.15, 0.2) is 0 Å². The molecule has 0 aromatic heterocycles. The zero-order valence-electron chi connectivity index (χ0n) is 12.0. The smallest absolute Gasteiger partial charge is 0.131 e. The van der Waals surface area contributed by atoms with Crippen LogP contribution in [0.4, 0.5) is 4.39 Å². The number of ether oxygens (including phenoxy) is 2. The predicted octanol–water partition coefficient (Wildman–Crippen LogP) is 2.98. The summed E-state index contributed by atoms with van der Waals surface area (Å²) in [5.74, 6) is 0.395. The Kier molecular flexibility index (Phi) is 4.22. The molecule has 2 aliphatic rings. The lowest BCUT2D eigenvalue weighted by Gasteiger charge is -2.43. The Bertz CT molecular complexity index is 464. The topological polar surface area (TPSA) is 21.7 Å². The highest BCUT2D eigenvalue weighted by Gasteiger charge is 2.34. The molecule has 2 fully saturated rings. The summed E-state index contributed by atoms with van der Waals surface area (Å²) < 4.78 is 25.0. The first kappa shape index (κ1) is 13.8. The molecule has 0 bridgehead atoms. The second kappa shape index (κ2) is 6.10. The molecule has 3 nitrogen and oxygen atoms in total. The number of morpholine rings is 1. The van der Waals surface area contributed by atoms with Crippen molar-refractivity contribution in [2.24, 2.45) is 0 Å². The van der Waals surface area contributed by atoms with Crippen LogP contribution in [-0.2, 0) is 11.3 Å². The van der Waals surface area contributed by atoms with Crippen LogP contribution in [0.5, 0.6) is 5.75 Å². The second-order valence-electron chi connectivity index (χ2n) is 5.69. The molecule has 0 N–H and O–H groups in total. The van der Waals surface area contributed by atoms with Gasteiger partial charge >= 0.3 is 0 Å². The average molecular weight is 279 g/mol. The molecule has 2 atom stereocenters. The number of benzene rings is 1. The molecule has 0 radical (unpaired) electrons. The largest absolute Gasteiger partial charge is 0.497 e. The normalized spacial score (nSPS) is 27.1. The maximum atomic E-state index is 14.1. The lowest BCUT2D eigenvalue weighted by Crippen LogP contribution is -2.52. The number of nitrogens with zero attached hydrogens (tertiary/aromatic N) is 1. The third kappa shape index (κ3) is 2.81. The summed E-state index contributed by atoms with van der Waals surface area (Å²) in [7, 11) is 1.56. The molecule has 0 unspecified atom stereocenters. The van der Waals surface area contributed by atoms with Crippen LogP contribution < -0.4 is 4.74 Å². The quantitative estimate of drug-likeness (QED) is 0.849. The van der Waals surface area contributed by atoms with E-state index < -0.39 is 0 Å². The van der Waals surface area contributed by atoms with Crippen molar-refractivity contribution < 1.29 is 13.9 Å². The van der Waals surface area contributed by atoms with Gasteiger partial charge in [0.2, 0.25) is 0 Å². The Balaban J connectivity index is 1.72. The minimum atomic E-state index is -0.178. The zero-order chi connectivity index (χ0) is 13.9. The van der Waals surface area contributed by atoms with Crippen LogP contribution in [0, 0.1) is 5.82 Å². The van der Waals surface area contributed by atoms with Crippen molar-refractivity contribution in [1.29, 1.82) is 0 Å². The van der Waals surface area contributed by atoms with E-state index in [1.807, 2.05) is 12.1 Å². The summed E-state index contributed by atoms with van der Waals surface area (Å²) in [6, 6.07) is 5.59. The van der Waals surface area contributed by atoms with Gasteiger partial charge in [-0.15, -0.1) is 0 Å². The van der Waals surface area contributed by atoms with Crippen LogP contribution in [0.2, 0.25) is 0 Å². The molecule has 1 aliphatic carbocycles. The first-order valence-electron chi connectivity index (χ1n) is 7.46. The van der Waals surface area contributed by atoms with Crippen LogP contribution >= 0.6 is 0 Å². The number of rotatable bonds is 3. The van der Waals surface area contributed by atoms with E-state index >= 15 is 0 Å². The summed E-state index contributed by atoms with van der Waals surface area (Å²) in [5.41, 5.74) is 0.747. The van der Waals surface area contributed by atoms with Gasteiger partial charge in [-0.1, -0.05) is 18.9 Å². The molecule has 1 aliphatic heterocycles. The summed E-state index contributed by atoms with van der Waals surface area (Å²) >= 11 is 0. The fraction of sp³-hybridized carbons (Fsp3) is 0.625. The molecule has 0 amide bonds. The Hall–Kier alpha value is -1.13. The molecule has 1 aromatic rings. The Morgan fingerprint density at radius 3 is 3.00 bits per heavy atom. The molecule has 1 heterocycles. The van der Waals surface area contributed by atoms with Crippen molar-refractivity contribution >= 4 is 0 Å². The molecule has 3 rings (SSSR count). The fourth-order valence-electron chi connectivity index (χ4n) is 3.37. The number of halogens is 1. The highest BCUT2D eigenvalue weighted by atomic mass is 19.1. The fourth-order valence-corrected chi connectivity index (χ4v) is 3.37. The average Bonchev–Trinajstić information content (AvgIpc) is 2.49. The molecule has 4 heteroatoms. The van der Waals surface area contributed by atoms with Gasteiger partial charge in [0.25, 0.3) is 0 Å². The van der Waals surface area contributed by atoms with Gasteiger partial charge in [0, 0.05) is 30.8 Å². The zero-order valence-corrected chi connectivity index (χ0v) is 12.0. The monoisotopic (exact) mass is 279 g/mol. The standard InChI is InChI=1S/C16H22FNO2/c1-19-13-7-6-12(14(17)10-13)11-18-8-9-20-16-5-3-2-4-15(16)18/h6-7,10,15-16H,2-5,8-9,11H2,1H3/t15-,16-/m1/s1. The summed E-state index contributed by atoms with van der Waals surface area (Å²) in [6.45, 7) is 2.33. The van der Waals surface area contributed by atoms with E-state index in [1.165, 1.54) is 25.3 Å².